The maximum Gasteiger partial charge on any atom is 0.0133 e. The van der Waals surface area contributed by atoms with E-state index >= 15 is 0 Å². The average molecular weight is 181 g/mol. The summed E-state index contributed by atoms with van der Waals surface area (Å²) in [6, 6.07) is 2.99. The number of likely N-dealkylation sites (N-methyl/N-ethyl adjacent to an activating group) is 1. The number of thiophene rings is 1. The molecule has 0 amide bonds. The third-order valence-electron chi connectivity index (χ3n) is 2.86. The van der Waals surface area contributed by atoms with Gasteiger partial charge in [-0.3, -0.25) is 0 Å². The Bertz CT molecular complexity index is 230. The second-order valence-electron chi connectivity index (χ2n) is 3.49. The molecule has 1 fully saturated rings. The Balaban J connectivity index is 2.13. The molecule has 0 radical (unpaired) electrons. The fourth-order valence-corrected chi connectivity index (χ4v) is 2.92. The fourth-order valence-electron chi connectivity index (χ4n) is 2.19. The molecular formula is C10H15NS. The van der Waals surface area contributed by atoms with E-state index in [4.69, 9.17) is 0 Å². The predicted molar refractivity (Wildman–Crippen MR) is 53.8 cm³/mol. The molecule has 1 aliphatic carbocycles. The van der Waals surface area contributed by atoms with Gasteiger partial charge in [0.15, 0.2) is 0 Å². The summed E-state index contributed by atoms with van der Waals surface area (Å²) in [5, 5.41) is 7.88. The van der Waals surface area contributed by atoms with Crippen LogP contribution in [0, 0.1) is 0 Å². The number of rotatable bonds is 2. The molecule has 2 unspecified atom stereocenters. The summed E-state index contributed by atoms with van der Waals surface area (Å²) in [6.07, 6.45) is 4.09. The second-order valence-corrected chi connectivity index (χ2v) is 4.27. The third kappa shape index (κ3) is 1.41. The van der Waals surface area contributed by atoms with Gasteiger partial charge in [-0.2, -0.15) is 11.3 Å². The average Bonchev–Trinajstić information content (AvgIpc) is 2.74. The molecule has 2 atom stereocenters. The van der Waals surface area contributed by atoms with Crippen LogP contribution in [0.5, 0.6) is 0 Å². The maximum absolute atomic E-state index is 3.41. The van der Waals surface area contributed by atoms with Crippen molar-refractivity contribution >= 4 is 11.3 Å². The van der Waals surface area contributed by atoms with E-state index in [9.17, 15) is 0 Å². The topological polar surface area (TPSA) is 12.0 Å². The highest BCUT2D eigenvalue weighted by atomic mass is 32.1. The van der Waals surface area contributed by atoms with Crippen molar-refractivity contribution in [2.24, 2.45) is 0 Å². The van der Waals surface area contributed by atoms with E-state index in [0.29, 0.717) is 0 Å². The molecule has 0 aromatic carbocycles. The van der Waals surface area contributed by atoms with Gasteiger partial charge < -0.3 is 5.32 Å². The van der Waals surface area contributed by atoms with E-state index in [1.807, 2.05) is 11.3 Å². The van der Waals surface area contributed by atoms with Gasteiger partial charge in [0.1, 0.15) is 0 Å². The van der Waals surface area contributed by atoms with Crippen LogP contribution in [0.25, 0.3) is 0 Å². The minimum absolute atomic E-state index is 0.722. The van der Waals surface area contributed by atoms with Crippen LogP contribution in [-0.2, 0) is 0 Å². The van der Waals surface area contributed by atoms with Gasteiger partial charge in [0, 0.05) is 12.0 Å². The Morgan fingerprint density at radius 3 is 3.08 bits per heavy atom. The van der Waals surface area contributed by atoms with Crippen molar-refractivity contribution < 1.29 is 0 Å². The molecule has 12 heavy (non-hydrogen) atoms. The highest BCUT2D eigenvalue weighted by Gasteiger charge is 2.26. The Labute approximate surface area is 77.8 Å². The Hall–Kier alpha value is -0.340. The van der Waals surface area contributed by atoms with Crippen LogP contribution in [0.15, 0.2) is 16.8 Å². The van der Waals surface area contributed by atoms with E-state index in [0.717, 1.165) is 12.0 Å². The number of nitrogens with one attached hydrogen (secondary N) is 1. The van der Waals surface area contributed by atoms with E-state index in [-0.39, 0.29) is 0 Å². The molecule has 2 rings (SSSR count). The maximum atomic E-state index is 3.41. The van der Waals surface area contributed by atoms with E-state index < -0.39 is 0 Å². The van der Waals surface area contributed by atoms with Crippen LogP contribution < -0.4 is 5.32 Å². The lowest BCUT2D eigenvalue weighted by Gasteiger charge is -2.17. The minimum atomic E-state index is 0.722. The summed E-state index contributed by atoms with van der Waals surface area (Å²) < 4.78 is 0. The van der Waals surface area contributed by atoms with Gasteiger partial charge in [0.05, 0.1) is 0 Å². The fraction of sp³-hybridized carbons (Fsp3) is 0.600. The molecule has 1 saturated carbocycles. The molecule has 0 spiro atoms. The Morgan fingerprint density at radius 2 is 2.42 bits per heavy atom. The lowest BCUT2D eigenvalue weighted by atomic mass is 9.97. The first kappa shape index (κ1) is 8.27. The first-order valence-corrected chi connectivity index (χ1v) is 5.55. The van der Waals surface area contributed by atoms with Crippen molar-refractivity contribution in [3.8, 4) is 0 Å². The van der Waals surface area contributed by atoms with Gasteiger partial charge in [-0.15, -0.1) is 0 Å². The van der Waals surface area contributed by atoms with Gasteiger partial charge in [-0.05, 0) is 42.3 Å². The van der Waals surface area contributed by atoms with Crippen LogP contribution in [0.4, 0.5) is 0 Å². The smallest absolute Gasteiger partial charge is 0.0133 e. The van der Waals surface area contributed by atoms with Crippen LogP contribution in [0.3, 0.4) is 0 Å². The summed E-state index contributed by atoms with van der Waals surface area (Å²) in [7, 11) is 2.08. The molecule has 1 aromatic heterocycles. The first-order valence-electron chi connectivity index (χ1n) is 4.61. The summed E-state index contributed by atoms with van der Waals surface area (Å²) in [6.45, 7) is 0. The number of hydrogen-bond donors (Lipinski definition) is 1. The Morgan fingerprint density at radius 1 is 1.50 bits per heavy atom. The molecule has 2 heteroatoms. The summed E-state index contributed by atoms with van der Waals surface area (Å²) >= 11 is 1.81. The molecule has 1 nitrogen and oxygen atoms in total. The molecule has 0 saturated heterocycles. The van der Waals surface area contributed by atoms with Crippen molar-refractivity contribution in [1.82, 2.24) is 5.32 Å². The molecular weight excluding hydrogens is 166 g/mol. The predicted octanol–water partition coefficient (Wildman–Crippen LogP) is 2.60. The van der Waals surface area contributed by atoms with E-state index in [1.165, 1.54) is 24.8 Å². The standard InChI is InChI=1S/C10H15NS/c1-11-10-4-2-3-9(10)8-5-6-12-7-8/h5-7,9-11H,2-4H2,1H3. The van der Waals surface area contributed by atoms with E-state index in [1.54, 1.807) is 0 Å². The highest BCUT2D eigenvalue weighted by Crippen LogP contribution is 2.35. The van der Waals surface area contributed by atoms with Crippen LogP contribution in [-0.4, -0.2) is 13.1 Å². The van der Waals surface area contributed by atoms with Crippen molar-refractivity contribution in [2.75, 3.05) is 7.05 Å². The molecule has 66 valence electrons. The SMILES string of the molecule is CNC1CCCC1c1ccsc1. The third-order valence-corrected chi connectivity index (χ3v) is 3.56. The molecule has 0 aliphatic heterocycles. The zero-order valence-electron chi connectivity index (χ0n) is 7.42. The zero-order valence-corrected chi connectivity index (χ0v) is 8.23. The van der Waals surface area contributed by atoms with E-state index in [2.05, 4.69) is 29.2 Å². The van der Waals surface area contributed by atoms with Crippen LogP contribution in [0.1, 0.15) is 30.7 Å². The summed E-state index contributed by atoms with van der Waals surface area (Å²) in [5.41, 5.74) is 1.54. The van der Waals surface area contributed by atoms with Crippen LogP contribution in [0.2, 0.25) is 0 Å². The van der Waals surface area contributed by atoms with Crippen molar-refractivity contribution in [2.45, 2.75) is 31.2 Å². The number of hydrogen-bond acceptors (Lipinski definition) is 2. The monoisotopic (exact) mass is 181 g/mol. The molecule has 1 aromatic rings. The van der Waals surface area contributed by atoms with Gasteiger partial charge in [-0.1, -0.05) is 6.42 Å². The minimum Gasteiger partial charge on any atom is -0.316 e. The first-order chi connectivity index (χ1) is 5.92. The largest absolute Gasteiger partial charge is 0.316 e. The molecule has 1 aliphatic rings. The van der Waals surface area contributed by atoms with Crippen LogP contribution >= 0.6 is 11.3 Å². The normalized spacial score (nSPS) is 29.4. The van der Waals surface area contributed by atoms with Crippen molar-refractivity contribution in [1.29, 1.82) is 0 Å². The molecule has 1 N–H and O–H groups in total. The summed E-state index contributed by atoms with van der Waals surface area (Å²) in [5.74, 6) is 0.779. The van der Waals surface area contributed by atoms with Gasteiger partial charge in [0.2, 0.25) is 0 Å². The molecule has 0 bridgehead atoms. The van der Waals surface area contributed by atoms with Crippen molar-refractivity contribution in [3.63, 3.8) is 0 Å². The highest BCUT2D eigenvalue weighted by molar-refractivity contribution is 7.07. The lowest BCUT2D eigenvalue weighted by molar-refractivity contribution is 0.523. The van der Waals surface area contributed by atoms with Gasteiger partial charge >= 0.3 is 0 Å². The van der Waals surface area contributed by atoms with Crippen molar-refractivity contribution in [3.05, 3.63) is 22.4 Å². The molecule has 1 heterocycles. The quantitative estimate of drug-likeness (QED) is 0.739. The van der Waals surface area contributed by atoms with Gasteiger partial charge in [0.25, 0.3) is 0 Å². The summed E-state index contributed by atoms with van der Waals surface area (Å²) in [4.78, 5) is 0. The second kappa shape index (κ2) is 3.58. The zero-order chi connectivity index (χ0) is 8.39. The Kier molecular flexibility index (Phi) is 2.47. The van der Waals surface area contributed by atoms with Gasteiger partial charge in [-0.25, -0.2) is 0 Å². The lowest BCUT2D eigenvalue weighted by Crippen LogP contribution is -2.27.